The summed E-state index contributed by atoms with van der Waals surface area (Å²) in [6.07, 6.45) is 0. The molecule has 3 aromatic heterocycles. The quantitative estimate of drug-likeness (QED) is 0.225. The zero-order valence-electron chi connectivity index (χ0n) is 22.2. The molecule has 0 amide bonds. The van der Waals surface area contributed by atoms with Gasteiger partial charge in [0, 0.05) is 32.9 Å². The fourth-order valence-corrected chi connectivity index (χ4v) is 6.50. The van der Waals surface area contributed by atoms with Crippen molar-refractivity contribution in [3.63, 3.8) is 0 Å². The van der Waals surface area contributed by atoms with Crippen molar-refractivity contribution in [1.29, 1.82) is 0 Å². The average molecular weight is 525 g/mol. The molecule has 9 aromatic rings. The highest BCUT2D eigenvalue weighted by molar-refractivity contribution is 6.17. The van der Waals surface area contributed by atoms with Crippen LogP contribution in [0.15, 0.2) is 150 Å². The fourth-order valence-electron chi connectivity index (χ4n) is 6.50. The highest BCUT2D eigenvalue weighted by Crippen LogP contribution is 2.41. The molecule has 192 valence electrons. The summed E-state index contributed by atoms with van der Waals surface area (Å²) in [5.74, 6) is 0. The van der Waals surface area contributed by atoms with Crippen molar-refractivity contribution in [3.05, 3.63) is 146 Å². The van der Waals surface area contributed by atoms with E-state index in [1.165, 1.54) is 21.8 Å². The molecular weight excluding hydrogens is 500 g/mol. The minimum Gasteiger partial charge on any atom is -0.454 e. The van der Waals surface area contributed by atoms with E-state index in [9.17, 15) is 0 Å². The summed E-state index contributed by atoms with van der Waals surface area (Å²) in [4.78, 5) is 0. The van der Waals surface area contributed by atoms with Crippen LogP contribution in [0.5, 0.6) is 0 Å². The van der Waals surface area contributed by atoms with E-state index < -0.39 is 0 Å². The van der Waals surface area contributed by atoms with Gasteiger partial charge in [0.2, 0.25) is 0 Å². The minimum atomic E-state index is 0.895. The van der Waals surface area contributed by atoms with Crippen molar-refractivity contribution in [2.24, 2.45) is 0 Å². The Bertz CT molecular complexity index is 2410. The lowest BCUT2D eigenvalue weighted by Crippen LogP contribution is -1.93. The molecule has 0 unspecified atom stereocenters. The SMILES string of the molecule is c1ccc(-n2c3ccccc3c3ccc(-c4ccc5c(c4)oc4c6ccccc6n(-c6ccccc6)c54)cc32)cc1. The second-order valence-electron chi connectivity index (χ2n) is 10.6. The van der Waals surface area contributed by atoms with E-state index in [1.807, 2.05) is 0 Å². The van der Waals surface area contributed by atoms with Crippen molar-refractivity contribution in [2.45, 2.75) is 0 Å². The summed E-state index contributed by atoms with van der Waals surface area (Å²) in [5.41, 5.74) is 11.1. The molecule has 0 aliphatic heterocycles. The van der Waals surface area contributed by atoms with Crippen molar-refractivity contribution in [1.82, 2.24) is 9.13 Å². The predicted molar refractivity (Wildman–Crippen MR) is 170 cm³/mol. The van der Waals surface area contributed by atoms with Gasteiger partial charge in [0.1, 0.15) is 11.1 Å². The maximum Gasteiger partial charge on any atom is 0.161 e. The number of hydrogen-bond acceptors (Lipinski definition) is 1. The van der Waals surface area contributed by atoms with Gasteiger partial charge < -0.3 is 13.6 Å². The lowest BCUT2D eigenvalue weighted by Gasteiger charge is -2.09. The first-order valence-electron chi connectivity index (χ1n) is 14.0. The Kier molecular flexibility index (Phi) is 4.61. The Hall–Kier alpha value is -5.54. The van der Waals surface area contributed by atoms with E-state index in [0.717, 1.165) is 55.5 Å². The van der Waals surface area contributed by atoms with E-state index in [2.05, 4.69) is 155 Å². The Balaban J connectivity index is 1.28. The van der Waals surface area contributed by atoms with Crippen molar-refractivity contribution < 1.29 is 4.42 Å². The third kappa shape index (κ3) is 3.20. The van der Waals surface area contributed by atoms with Crippen LogP contribution in [-0.4, -0.2) is 9.13 Å². The topological polar surface area (TPSA) is 23.0 Å². The molecule has 3 heteroatoms. The van der Waals surface area contributed by atoms with Crippen LogP contribution in [0.4, 0.5) is 0 Å². The number of nitrogens with zero attached hydrogens (tertiary/aromatic N) is 2. The molecule has 0 N–H and O–H groups in total. The maximum atomic E-state index is 6.63. The Morgan fingerprint density at radius 2 is 0.927 bits per heavy atom. The number of furan rings is 1. The largest absolute Gasteiger partial charge is 0.454 e. The normalized spacial score (nSPS) is 11.9. The third-order valence-electron chi connectivity index (χ3n) is 8.31. The van der Waals surface area contributed by atoms with E-state index in [-0.39, 0.29) is 0 Å². The smallest absolute Gasteiger partial charge is 0.161 e. The van der Waals surface area contributed by atoms with E-state index in [0.29, 0.717) is 0 Å². The fraction of sp³-hybridized carbons (Fsp3) is 0. The molecular formula is C38H24N2O. The zero-order valence-corrected chi connectivity index (χ0v) is 22.2. The Morgan fingerprint density at radius 1 is 0.390 bits per heavy atom. The molecule has 0 saturated carbocycles. The van der Waals surface area contributed by atoms with Gasteiger partial charge in [-0.1, -0.05) is 84.9 Å². The molecule has 0 radical (unpaired) electrons. The standard InChI is InChI=1S/C38H24N2O/c1-3-11-27(12-4-1)39-33-17-9-7-15-29(33)30-21-19-25(23-35(30)39)26-20-22-32-36(24-26)41-38-31-16-8-10-18-34(31)40(37(32)38)28-13-5-2-6-14-28/h1-24H. The number of hydrogen-bond donors (Lipinski definition) is 0. The summed E-state index contributed by atoms with van der Waals surface area (Å²) in [7, 11) is 0. The second kappa shape index (κ2) is 8.48. The Morgan fingerprint density at radius 3 is 1.66 bits per heavy atom. The highest BCUT2D eigenvalue weighted by Gasteiger charge is 2.20. The average Bonchev–Trinajstić information content (AvgIpc) is 3.68. The van der Waals surface area contributed by atoms with Crippen molar-refractivity contribution >= 4 is 54.8 Å². The first-order valence-corrected chi connectivity index (χ1v) is 14.0. The lowest BCUT2D eigenvalue weighted by molar-refractivity contribution is 0.673. The van der Waals surface area contributed by atoms with Gasteiger partial charge in [-0.25, -0.2) is 0 Å². The van der Waals surface area contributed by atoms with Crippen LogP contribution in [0.1, 0.15) is 0 Å². The molecule has 3 heterocycles. The molecule has 6 aromatic carbocycles. The summed E-state index contributed by atoms with van der Waals surface area (Å²) in [6, 6.07) is 51.7. The Labute approximate surface area is 236 Å². The molecule has 0 fully saturated rings. The molecule has 3 nitrogen and oxygen atoms in total. The summed E-state index contributed by atoms with van der Waals surface area (Å²) >= 11 is 0. The van der Waals surface area contributed by atoms with E-state index >= 15 is 0 Å². The number of para-hydroxylation sites is 4. The van der Waals surface area contributed by atoms with Crippen molar-refractivity contribution in [2.75, 3.05) is 0 Å². The summed E-state index contributed by atoms with van der Waals surface area (Å²) < 4.78 is 11.3. The highest BCUT2D eigenvalue weighted by atomic mass is 16.3. The van der Waals surface area contributed by atoms with Crippen molar-refractivity contribution in [3.8, 4) is 22.5 Å². The summed E-state index contributed by atoms with van der Waals surface area (Å²) in [6.45, 7) is 0. The monoisotopic (exact) mass is 524 g/mol. The maximum absolute atomic E-state index is 6.63. The van der Waals surface area contributed by atoms with Gasteiger partial charge in [-0.2, -0.15) is 0 Å². The molecule has 0 bridgehead atoms. The van der Waals surface area contributed by atoms with E-state index in [1.54, 1.807) is 0 Å². The first kappa shape index (κ1) is 22.3. The van der Waals surface area contributed by atoms with Gasteiger partial charge >= 0.3 is 0 Å². The van der Waals surface area contributed by atoms with Crippen LogP contribution >= 0.6 is 0 Å². The van der Waals surface area contributed by atoms with Crippen LogP contribution in [0.3, 0.4) is 0 Å². The predicted octanol–water partition coefficient (Wildman–Crippen LogP) is 10.3. The van der Waals surface area contributed by atoms with Crippen LogP contribution in [-0.2, 0) is 0 Å². The second-order valence-corrected chi connectivity index (χ2v) is 10.6. The molecule has 0 saturated heterocycles. The van der Waals surface area contributed by atoms with Crippen LogP contribution in [0.2, 0.25) is 0 Å². The number of rotatable bonds is 3. The zero-order chi connectivity index (χ0) is 26.9. The van der Waals surface area contributed by atoms with Gasteiger partial charge in [-0.05, 0) is 71.8 Å². The number of benzene rings is 6. The molecule has 0 atom stereocenters. The van der Waals surface area contributed by atoms with E-state index in [4.69, 9.17) is 4.42 Å². The van der Waals surface area contributed by atoms with Crippen LogP contribution < -0.4 is 0 Å². The van der Waals surface area contributed by atoms with Crippen LogP contribution in [0, 0.1) is 0 Å². The molecule has 0 spiro atoms. The van der Waals surface area contributed by atoms with Gasteiger partial charge in [0.25, 0.3) is 0 Å². The lowest BCUT2D eigenvalue weighted by atomic mass is 10.0. The summed E-state index contributed by atoms with van der Waals surface area (Å²) in [5, 5.41) is 4.75. The molecule has 41 heavy (non-hydrogen) atoms. The van der Waals surface area contributed by atoms with Gasteiger partial charge in [0.05, 0.1) is 16.6 Å². The molecule has 0 aliphatic rings. The van der Waals surface area contributed by atoms with Gasteiger partial charge in [0.15, 0.2) is 5.58 Å². The molecule has 9 rings (SSSR count). The van der Waals surface area contributed by atoms with Crippen LogP contribution in [0.25, 0.3) is 77.3 Å². The number of aromatic nitrogens is 2. The van der Waals surface area contributed by atoms with Gasteiger partial charge in [-0.3, -0.25) is 0 Å². The minimum absolute atomic E-state index is 0.895. The van der Waals surface area contributed by atoms with Gasteiger partial charge in [-0.15, -0.1) is 0 Å². The first-order chi connectivity index (χ1) is 20.3. The number of fused-ring (bicyclic) bond motifs is 8. The molecule has 0 aliphatic carbocycles. The third-order valence-corrected chi connectivity index (χ3v) is 8.31.